The Kier molecular flexibility index (Phi) is 23.9. The summed E-state index contributed by atoms with van der Waals surface area (Å²) in [5.74, 6) is 0. The zero-order valence-corrected chi connectivity index (χ0v) is 26.8. The minimum absolute atomic E-state index is 0.0315. The molecule has 0 amide bonds. The second kappa shape index (κ2) is 25.7. The van der Waals surface area contributed by atoms with Crippen molar-refractivity contribution in [2.75, 3.05) is 26.3 Å². The Hall–Kier alpha value is -0.940. The highest BCUT2D eigenvalue weighted by atomic mass is 16.3. The summed E-state index contributed by atoms with van der Waals surface area (Å²) in [6.07, 6.45) is 28.6. The molecule has 1 rings (SSSR count). The van der Waals surface area contributed by atoms with Crippen molar-refractivity contribution in [1.29, 1.82) is 0 Å². The maximum atomic E-state index is 9.48. The van der Waals surface area contributed by atoms with Crippen molar-refractivity contribution >= 4 is 0 Å². The topological polar surface area (TPSA) is 69.7 Å². The Morgan fingerprint density at radius 1 is 0.550 bits per heavy atom. The van der Waals surface area contributed by atoms with Crippen LogP contribution in [0.5, 0.6) is 0 Å². The standard InChI is InChI=1S/C36H68N2O2/c1-3-5-7-9-11-13-15-17-19-21-29-38(30-22-20-18-16-14-12-10-8-6-4-2)33-34-23-25-35(26-24-34)36(37,27-31-39)28-32-40/h23-26,39-40H,3-22,27-33,37H2,1-2H3. The van der Waals surface area contributed by atoms with E-state index in [9.17, 15) is 10.2 Å². The number of hydrogen-bond donors (Lipinski definition) is 3. The summed E-state index contributed by atoms with van der Waals surface area (Å²) in [7, 11) is 0. The van der Waals surface area contributed by atoms with Gasteiger partial charge < -0.3 is 15.9 Å². The van der Waals surface area contributed by atoms with Crippen molar-refractivity contribution < 1.29 is 10.2 Å². The maximum absolute atomic E-state index is 9.48. The summed E-state index contributed by atoms with van der Waals surface area (Å²) >= 11 is 0. The molecule has 0 atom stereocenters. The summed E-state index contributed by atoms with van der Waals surface area (Å²) in [4.78, 5) is 2.67. The summed E-state index contributed by atoms with van der Waals surface area (Å²) in [5, 5.41) is 19.0. The van der Waals surface area contributed by atoms with Crippen LogP contribution in [0.3, 0.4) is 0 Å². The van der Waals surface area contributed by atoms with Gasteiger partial charge in [-0.1, -0.05) is 154 Å². The van der Waals surface area contributed by atoms with Crippen molar-refractivity contribution in [3.63, 3.8) is 0 Å². The van der Waals surface area contributed by atoms with Crippen molar-refractivity contribution in [3.8, 4) is 0 Å². The van der Waals surface area contributed by atoms with E-state index in [1.807, 2.05) is 0 Å². The third-order valence-corrected chi connectivity index (χ3v) is 8.71. The molecule has 4 nitrogen and oxygen atoms in total. The Bertz CT molecular complexity index is 633. The van der Waals surface area contributed by atoms with Gasteiger partial charge in [0, 0.05) is 25.3 Å². The van der Waals surface area contributed by atoms with E-state index in [0.717, 1.165) is 12.1 Å². The molecule has 1 aromatic carbocycles. The van der Waals surface area contributed by atoms with Gasteiger partial charge in [-0.05, 0) is 49.9 Å². The first kappa shape index (κ1) is 37.1. The Morgan fingerprint density at radius 2 is 0.900 bits per heavy atom. The van der Waals surface area contributed by atoms with E-state index in [2.05, 4.69) is 43.0 Å². The minimum atomic E-state index is -0.659. The molecule has 0 fully saturated rings. The van der Waals surface area contributed by atoms with Crippen molar-refractivity contribution in [2.45, 2.75) is 167 Å². The fraction of sp³-hybridized carbons (Fsp3) is 0.833. The first-order chi connectivity index (χ1) is 19.6. The smallest absolute Gasteiger partial charge is 0.0453 e. The zero-order valence-electron chi connectivity index (χ0n) is 26.8. The zero-order chi connectivity index (χ0) is 29.2. The molecular weight excluding hydrogens is 492 g/mol. The lowest BCUT2D eigenvalue weighted by Gasteiger charge is -2.29. The highest BCUT2D eigenvalue weighted by molar-refractivity contribution is 5.28. The fourth-order valence-electron chi connectivity index (χ4n) is 5.93. The summed E-state index contributed by atoms with van der Waals surface area (Å²) < 4.78 is 0. The molecule has 4 heteroatoms. The van der Waals surface area contributed by atoms with E-state index in [0.29, 0.717) is 12.8 Å². The molecule has 0 aliphatic carbocycles. The quantitative estimate of drug-likeness (QED) is 0.0854. The number of nitrogens with zero attached hydrogens (tertiary/aromatic N) is 1. The molecular formula is C36H68N2O2. The number of hydrogen-bond acceptors (Lipinski definition) is 4. The molecule has 0 unspecified atom stereocenters. The Balaban J connectivity index is 2.48. The predicted octanol–water partition coefficient (Wildman–Crippen LogP) is 9.25. The average Bonchev–Trinajstić information content (AvgIpc) is 2.95. The number of rotatable bonds is 29. The molecule has 40 heavy (non-hydrogen) atoms. The van der Waals surface area contributed by atoms with Crippen LogP contribution in [-0.4, -0.2) is 41.4 Å². The summed E-state index contributed by atoms with van der Waals surface area (Å²) in [6, 6.07) is 8.63. The largest absolute Gasteiger partial charge is 0.396 e. The molecule has 0 aliphatic heterocycles. The van der Waals surface area contributed by atoms with Crippen LogP contribution >= 0.6 is 0 Å². The molecule has 0 radical (unpaired) electrons. The normalized spacial score (nSPS) is 12.1. The summed E-state index contributed by atoms with van der Waals surface area (Å²) in [5.41, 5.74) is 8.24. The summed E-state index contributed by atoms with van der Waals surface area (Å²) in [6.45, 7) is 8.01. The lowest BCUT2D eigenvalue weighted by Crippen LogP contribution is -2.38. The number of aliphatic hydroxyl groups excluding tert-OH is 2. The second-order valence-corrected chi connectivity index (χ2v) is 12.4. The van der Waals surface area contributed by atoms with Gasteiger partial charge in [-0.25, -0.2) is 0 Å². The van der Waals surface area contributed by atoms with E-state index >= 15 is 0 Å². The molecule has 1 aromatic rings. The van der Waals surface area contributed by atoms with Crippen LogP contribution in [-0.2, 0) is 12.1 Å². The molecule has 0 heterocycles. The van der Waals surface area contributed by atoms with Crippen LogP contribution in [0, 0.1) is 0 Å². The van der Waals surface area contributed by atoms with Gasteiger partial charge in [0.15, 0.2) is 0 Å². The number of nitrogens with two attached hydrogens (primary N) is 1. The molecule has 0 bridgehead atoms. The highest BCUT2D eigenvalue weighted by Crippen LogP contribution is 2.26. The predicted molar refractivity (Wildman–Crippen MR) is 175 cm³/mol. The molecule has 4 N–H and O–H groups in total. The molecule has 0 saturated heterocycles. The number of benzene rings is 1. The SMILES string of the molecule is CCCCCCCCCCCCN(CCCCCCCCCCCC)Cc1ccc(C(N)(CCO)CCO)cc1. The van der Waals surface area contributed by atoms with Gasteiger partial charge in [-0.3, -0.25) is 4.90 Å². The van der Waals surface area contributed by atoms with Gasteiger partial charge in [0.2, 0.25) is 0 Å². The number of aliphatic hydroxyl groups is 2. The van der Waals surface area contributed by atoms with Crippen LogP contribution in [0.2, 0.25) is 0 Å². The molecule has 0 spiro atoms. The molecule has 0 aliphatic rings. The monoisotopic (exact) mass is 561 g/mol. The maximum Gasteiger partial charge on any atom is 0.0453 e. The minimum Gasteiger partial charge on any atom is -0.396 e. The van der Waals surface area contributed by atoms with Crippen molar-refractivity contribution in [2.24, 2.45) is 5.73 Å². The number of unbranched alkanes of at least 4 members (excludes halogenated alkanes) is 18. The van der Waals surface area contributed by atoms with Gasteiger partial charge in [0.1, 0.15) is 0 Å². The van der Waals surface area contributed by atoms with Gasteiger partial charge in [-0.2, -0.15) is 0 Å². The third-order valence-electron chi connectivity index (χ3n) is 8.71. The lowest BCUT2D eigenvalue weighted by molar-refractivity contribution is 0.193. The molecule has 0 aromatic heterocycles. The van der Waals surface area contributed by atoms with Gasteiger partial charge in [-0.15, -0.1) is 0 Å². The molecule has 234 valence electrons. The third kappa shape index (κ3) is 18.5. The lowest BCUT2D eigenvalue weighted by atomic mass is 9.84. The fourth-order valence-corrected chi connectivity index (χ4v) is 5.93. The van der Waals surface area contributed by atoms with Crippen molar-refractivity contribution in [3.05, 3.63) is 35.4 Å². The first-order valence-corrected chi connectivity index (χ1v) is 17.4. The Morgan fingerprint density at radius 3 is 1.25 bits per heavy atom. The van der Waals surface area contributed by atoms with Crippen LogP contribution < -0.4 is 5.73 Å². The van der Waals surface area contributed by atoms with E-state index in [-0.39, 0.29) is 13.2 Å². The van der Waals surface area contributed by atoms with Gasteiger partial charge in [0.05, 0.1) is 0 Å². The van der Waals surface area contributed by atoms with Crippen LogP contribution in [0.25, 0.3) is 0 Å². The van der Waals surface area contributed by atoms with Crippen LogP contribution in [0.15, 0.2) is 24.3 Å². The van der Waals surface area contributed by atoms with Crippen molar-refractivity contribution in [1.82, 2.24) is 4.90 Å². The average molecular weight is 561 g/mol. The first-order valence-electron chi connectivity index (χ1n) is 17.4. The van der Waals surface area contributed by atoms with Crippen LogP contribution in [0.4, 0.5) is 0 Å². The Labute approximate surface area is 249 Å². The second-order valence-electron chi connectivity index (χ2n) is 12.4. The van der Waals surface area contributed by atoms with Gasteiger partial charge in [0.25, 0.3) is 0 Å². The van der Waals surface area contributed by atoms with E-state index in [1.54, 1.807) is 0 Å². The van der Waals surface area contributed by atoms with Gasteiger partial charge >= 0.3 is 0 Å². The highest BCUT2D eigenvalue weighted by Gasteiger charge is 2.26. The van der Waals surface area contributed by atoms with E-state index < -0.39 is 5.54 Å². The van der Waals surface area contributed by atoms with E-state index in [4.69, 9.17) is 5.73 Å². The van der Waals surface area contributed by atoms with Crippen LogP contribution in [0.1, 0.15) is 166 Å². The van der Waals surface area contributed by atoms with E-state index in [1.165, 1.54) is 147 Å². The molecule has 0 saturated carbocycles.